The summed E-state index contributed by atoms with van der Waals surface area (Å²) in [6.07, 6.45) is -4.00. The topological polar surface area (TPSA) is 128 Å². The van der Waals surface area contributed by atoms with Gasteiger partial charge in [-0.05, 0) is 49.9 Å². The van der Waals surface area contributed by atoms with Gasteiger partial charge in [0.15, 0.2) is 12.3 Å². The molecule has 1 aliphatic rings. The zero-order valence-corrected chi connectivity index (χ0v) is 32.5. The van der Waals surface area contributed by atoms with Crippen LogP contribution in [-0.4, -0.2) is 67.3 Å². The van der Waals surface area contributed by atoms with Crippen LogP contribution in [-0.2, 0) is 69.2 Å². The van der Waals surface area contributed by atoms with Gasteiger partial charge in [-0.1, -0.05) is 121 Å². The number of ether oxygens (including phenoxy) is 7. The minimum Gasteiger partial charge on any atom is -0.459 e. The van der Waals surface area contributed by atoms with Gasteiger partial charge in [-0.3, -0.25) is 0 Å². The summed E-state index contributed by atoms with van der Waals surface area (Å²) in [4.78, 5) is 39.5. The Balaban J connectivity index is 1.43. The number of Topliss-reactive ketones (excluding diaryl/α,β-unsaturated/α-hetero) is 1. The number of alkyl carbamates (subject to hydrolysis) is 1. The van der Waals surface area contributed by atoms with Crippen molar-refractivity contribution in [2.24, 2.45) is 5.92 Å². The summed E-state index contributed by atoms with van der Waals surface area (Å²) in [5.74, 6) is -1.53. The minimum absolute atomic E-state index is 0.0181. The molecule has 1 fully saturated rings. The summed E-state index contributed by atoms with van der Waals surface area (Å²) in [5.41, 5.74) is 2.81. The Bertz CT molecular complexity index is 1770. The van der Waals surface area contributed by atoms with Crippen molar-refractivity contribution in [2.45, 2.75) is 96.8 Å². The van der Waals surface area contributed by atoms with E-state index in [1.165, 1.54) is 6.92 Å². The standard InChI is InChI=1S/C45H53NO10/c1-32(47)25-37-40(51-27-34-19-11-6-12-20-34)41(52-28-35-21-13-7-14-22-35)39(31-50-26-33-17-9-5-10-18-33)55-43(37)54-30-38(46-44(49)56-45(2,3)4)42(48)53-29-36-23-15-8-16-24-36/h5-24,37-41,43H,25-31H2,1-4H3,(H,46,49)/t37-,38+,39-,40-,41+,43+/m1/s1. The molecule has 5 rings (SSSR count). The van der Waals surface area contributed by atoms with Crippen molar-refractivity contribution in [3.8, 4) is 0 Å². The number of hydrogen-bond acceptors (Lipinski definition) is 10. The average Bonchev–Trinajstić information content (AvgIpc) is 3.18. The summed E-state index contributed by atoms with van der Waals surface area (Å²) < 4.78 is 43.7. The molecule has 0 bridgehead atoms. The molecule has 1 aliphatic heterocycles. The molecule has 1 amide bonds. The van der Waals surface area contributed by atoms with Crippen LogP contribution in [0.3, 0.4) is 0 Å². The molecule has 1 saturated heterocycles. The third-order valence-corrected chi connectivity index (χ3v) is 8.88. The first-order chi connectivity index (χ1) is 27.0. The third kappa shape index (κ3) is 14.0. The molecule has 11 nitrogen and oxygen atoms in total. The quantitative estimate of drug-likeness (QED) is 0.0968. The molecular weight excluding hydrogens is 714 g/mol. The van der Waals surface area contributed by atoms with Crippen LogP contribution in [0.4, 0.5) is 4.79 Å². The summed E-state index contributed by atoms with van der Waals surface area (Å²) in [7, 11) is 0. The van der Waals surface area contributed by atoms with Gasteiger partial charge in [0.25, 0.3) is 0 Å². The first-order valence-corrected chi connectivity index (χ1v) is 18.9. The molecule has 11 heteroatoms. The fourth-order valence-corrected chi connectivity index (χ4v) is 6.26. The molecule has 0 aromatic heterocycles. The molecule has 4 aromatic carbocycles. The molecular formula is C45H53NO10. The molecule has 0 unspecified atom stereocenters. The molecule has 1 N–H and O–H groups in total. The second-order valence-electron chi connectivity index (χ2n) is 14.8. The first kappa shape index (κ1) is 42.2. The Morgan fingerprint density at radius 3 is 1.64 bits per heavy atom. The van der Waals surface area contributed by atoms with Crippen LogP contribution in [0.1, 0.15) is 56.4 Å². The molecule has 0 aliphatic carbocycles. The lowest BCUT2D eigenvalue weighted by molar-refractivity contribution is -0.305. The summed E-state index contributed by atoms with van der Waals surface area (Å²) in [5, 5.41) is 2.61. The van der Waals surface area contributed by atoms with Crippen molar-refractivity contribution in [2.75, 3.05) is 13.2 Å². The van der Waals surface area contributed by atoms with Crippen LogP contribution in [0.5, 0.6) is 0 Å². The average molecular weight is 768 g/mol. The van der Waals surface area contributed by atoms with E-state index in [-0.39, 0.29) is 45.2 Å². The lowest BCUT2D eigenvalue weighted by Crippen LogP contribution is -2.59. The van der Waals surface area contributed by atoms with Crippen LogP contribution < -0.4 is 5.32 Å². The number of carbonyl (C=O) groups is 3. The first-order valence-electron chi connectivity index (χ1n) is 18.9. The van der Waals surface area contributed by atoms with Crippen LogP contribution in [0.15, 0.2) is 121 Å². The Hall–Kier alpha value is -4.91. The molecule has 6 atom stereocenters. The zero-order valence-electron chi connectivity index (χ0n) is 32.5. The number of esters is 1. The van der Waals surface area contributed by atoms with E-state index >= 15 is 0 Å². The van der Waals surface area contributed by atoms with Crippen LogP contribution in [0.2, 0.25) is 0 Å². The monoisotopic (exact) mass is 767 g/mol. The highest BCUT2D eigenvalue weighted by Gasteiger charge is 2.49. The lowest BCUT2D eigenvalue weighted by atomic mass is 9.86. The summed E-state index contributed by atoms with van der Waals surface area (Å²) in [6, 6.07) is 37.2. The molecule has 298 valence electrons. The van der Waals surface area contributed by atoms with E-state index in [2.05, 4.69) is 5.32 Å². The van der Waals surface area contributed by atoms with Gasteiger partial charge in [0.1, 0.15) is 30.2 Å². The molecule has 4 aromatic rings. The third-order valence-electron chi connectivity index (χ3n) is 8.88. The highest BCUT2D eigenvalue weighted by Crippen LogP contribution is 2.35. The number of amides is 1. The molecule has 0 spiro atoms. The number of nitrogens with one attached hydrogen (secondary N) is 1. The fourth-order valence-electron chi connectivity index (χ4n) is 6.26. The predicted octanol–water partition coefficient (Wildman–Crippen LogP) is 7.35. The van der Waals surface area contributed by atoms with E-state index in [4.69, 9.17) is 33.2 Å². The van der Waals surface area contributed by atoms with Gasteiger partial charge in [0.2, 0.25) is 0 Å². The van der Waals surface area contributed by atoms with Gasteiger partial charge in [0.05, 0.1) is 39.1 Å². The SMILES string of the molecule is CC(=O)C[C@H]1[C@@H](OC[C@H](NC(=O)OC(C)(C)C)C(=O)OCc2ccccc2)O[C@H](COCc2ccccc2)[C@H](OCc2ccccc2)[C@@H]1OCc1ccccc1. The van der Waals surface area contributed by atoms with Crippen molar-refractivity contribution in [3.63, 3.8) is 0 Å². The highest BCUT2D eigenvalue weighted by atomic mass is 16.7. The van der Waals surface area contributed by atoms with Crippen molar-refractivity contribution >= 4 is 17.8 Å². The Kier molecular flexibility index (Phi) is 16.1. The maximum atomic E-state index is 13.6. The van der Waals surface area contributed by atoms with Gasteiger partial charge < -0.3 is 43.3 Å². The van der Waals surface area contributed by atoms with Crippen molar-refractivity contribution in [1.82, 2.24) is 5.32 Å². The van der Waals surface area contributed by atoms with E-state index in [0.717, 1.165) is 22.3 Å². The van der Waals surface area contributed by atoms with E-state index < -0.39 is 54.2 Å². The van der Waals surface area contributed by atoms with Crippen LogP contribution in [0.25, 0.3) is 0 Å². The van der Waals surface area contributed by atoms with E-state index in [1.54, 1.807) is 20.8 Å². The fraction of sp³-hybridized carbons (Fsp3) is 0.400. The summed E-state index contributed by atoms with van der Waals surface area (Å²) >= 11 is 0. The highest BCUT2D eigenvalue weighted by molar-refractivity contribution is 5.81. The van der Waals surface area contributed by atoms with Crippen LogP contribution >= 0.6 is 0 Å². The largest absolute Gasteiger partial charge is 0.459 e. The predicted molar refractivity (Wildman–Crippen MR) is 209 cm³/mol. The lowest BCUT2D eigenvalue weighted by Gasteiger charge is -2.46. The van der Waals surface area contributed by atoms with Crippen molar-refractivity contribution < 1.29 is 47.5 Å². The van der Waals surface area contributed by atoms with E-state index in [9.17, 15) is 14.4 Å². The Morgan fingerprint density at radius 1 is 0.661 bits per heavy atom. The molecule has 1 heterocycles. The molecule has 56 heavy (non-hydrogen) atoms. The Morgan fingerprint density at radius 2 is 1.14 bits per heavy atom. The van der Waals surface area contributed by atoms with Gasteiger partial charge in [-0.2, -0.15) is 0 Å². The normalized spacial score (nSPS) is 20.1. The van der Waals surface area contributed by atoms with Crippen molar-refractivity contribution in [1.29, 1.82) is 0 Å². The second kappa shape index (κ2) is 21.4. The minimum atomic E-state index is -1.28. The van der Waals surface area contributed by atoms with Crippen molar-refractivity contribution in [3.05, 3.63) is 144 Å². The van der Waals surface area contributed by atoms with Gasteiger partial charge in [-0.15, -0.1) is 0 Å². The summed E-state index contributed by atoms with van der Waals surface area (Å²) in [6.45, 7) is 7.19. The number of benzene rings is 4. The molecule has 0 saturated carbocycles. The maximum absolute atomic E-state index is 13.6. The van der Waals surface area contributed by atoms with E-state index in [0.29, 0.717) is 6.61 Å². The zero-order chi connectivity index (χ0) is 39.8. The van der Waals surface area contributed by atoms with Gasteiger partial charge in [0, 0.05) is 12.3 Å². The number of hydrogen-bond donors (Lipinski definition) is 1. The van der Waals surface area contributed by atoms with Crippen LogP contribution in [0, 0.1) is 5.92 Å². The van der Waals surface area contributed by atoms with Gasteiger partial charge in [-0.25, -0.2) is 9.59 Å². The number of rotatable bonds is 19. The number of carbonyl (C=O) groups excluding carboxylic acids is 3. The smallest absolute Gasteiger partial charge is 0.408 e. The van der Waals surface area contributed by atoms with Gasteiger partial charge >= 0.3 is 12.1 Å². The van der Waals surface area contributed by atoms with E-state index in [1.807, 2.05) is 121 Å². The second-order valence-corrected chi connectivity index (χ2v) is 14.8. The maximum Gasteiger partial charge on any atom is 0.408 e. The Labute approximate surface area is 329 Å². The molecule has 0 radical (unpaired) electrons. The number of ketones is 1.